The number of benzene rings is 6. The van der Waals surface area contributed by atoms with Crippen molar-refractivity contribution in [3.63, 3.8) is 0 Å². The zero-order chi connectivity index (χ0) is 20.8. The predicted molar refractivity (Wildman–Crippen MR) is 135 cm³/mol. The lowest BCUT2D eigenvalue weighted by molar-refractivity contribution is 1.53. The first kappa shape index (κ1) is 17.9. The summed E-state index contributed by atoms with van der Waals surface area (Å²) >= 11 is 0. The van der Waals surface area contributed by atoms with Crippen molar-refractivity contribution in [2.45, 2.75) is 6.92 Å². The van der Waals surface area contributed by atoms with Crippen LogP contribution in [0.2, 0.25) is 0 Å². The molecule has 0 nitrogen and oxygen atoms in total. The lowest BCUT2D eigenvalue weighted by Gasteiger charge is -2.19. The van der Waals surface area contributed by atoms with Gasteiger partial charge < -0.3 is 0 Å². The molecule has 0 aromatic heterocycles. The van der Waals surface area contributed by atoms with Crippen molar-refractivity contribution in [2.75, 3.05) is 0 Å². The number of hydrogen-bond acceptors (Lipinski definition) is 0. The standard InChI is InChI=1S/C31H22/c1-21-19-20-29(24-14-6-5-13-23(21)24)31-27-17-9-7-15-25(27)30(22-11-3-2-4-12-22)26-16-8-10-18-28(26)31/h2-20H,1H3. The Morgan fingerprint density at radius 2 is 0.806 bits per heavy atom. The third-order valence-corrected chi connectivity index (χ3v) is 6.41. The summed E-state index contributed by atoms with van der Waals surface area (Å²) in [5.74, 6) is 0. The molecule has 0 spiro atoms. The molecule has 31 heavy (non-hydrogen) atoms. The third kappa shape index (κ3) is 2.76. The fourth-order valence-corrected chi connectivity index (χ4v) is 5.00. The van der Waals surface area contributed by atoms with Gasteiger partial charge in [0.05, 0.1) is 0 Å². The second-order valence-electron chi connectivity index (χ2n) is 8.18. The van der Waals surface area contributed by atoms with Gasteiger partial charge in [0.25, 0.3) is 0 Å². The monoisotopic (exact) mass is 394 g/mol. The van der Waals surface area contributed by atoms with E-state index >= 15 is 0 Å². The highest BCUT2D eigenvalue weighted by atomic mass is 14.2. The van der Waals surface area contributed by atoms with E-state index in [0.29, 0.717) is 0 Å². The molecule has 146 valence electrons. The Kier molecular flexibility index (Phi) is 4.11. The van der Waals surface area contributed by atoms with E-state index in [2.05, 4.69) is 122 Å². The molecular formula is C31H22. The van der Waals surface area contributed by atoms with Crippen LogP contribution in [0.3, 0.4) is 0 Å². The van der Waals surface area contributed by atoms with E-state index < -0.39 is 0 Å². The van der Waals surface area contributed by atoms with E-state index in [1.54, 1.807) is 0 Å². The second-order valence-corrected chi connectivity index (χ2v) is 8.18. The maximum atomic E-state index is 2.30. The quantitative estimate of drug-likeness (QED) is 0.257. The van der Waals surface area contributed by atoms with Gasteiger partial charge in [-0.1, -0.05) is 115 Å². The van der Waals surface area contributed by atoms with Crippen LogP contribution in [0.5, 0.6) is 0 Å². The molecule has 0 heterocycles. The first-order valence-corrected chi connectivity index (χ1v) is 10.8. The summed E-state index contributed by atoms with van der Waals surface area (Å²) < 4.78 is 0. The number of fused-ring (bicyclic) bond motifs is 3. The summed E-state index contributed by atoms with van der Waals surface area (Å²) in [5, 5.41) is 7.83. The summed E-state index contributed by atoms with van der Waals surface area (Å²) in [6.07, 6.45) is 0. The van der Waals surface area contributed by atoms with Crippen molar-refractivity contribution in [3.05, 3.63) is 121 Å². The summed E-state index contributed by atoms with van der Waals surface area (Å²) in [7, 11) is 0. The Hall–Kier alpha value is -3.90. The number of hydrogen-bond donors (Lipinski definition) is 0. The topological polar surface area (TPSA) is 0 Å². The lowest BCUT2D eigenvalue weighted by atomic mass is 9.84. The van der Waals surface area contributed by atoms with Crippen LogP contribution in [0.15, 0.2) is 115 Å². The zero-order valence-electron chi connectivity index (χ0n) is 17.5. The first-order chi connectivity index (χ1) is 15.3. The van der Waals surface area contributed by atoms with E-state index in [1.807, 2.05) is 0 Å². The van der Waals surface area contributed by atoms with Crippen LogP contribution >= 0.6 is 0 Å². The zero-order valence-corrected chi connectivity index (χ0v) is 17.5. The van der Waals surface area contributed by atoms with E-state index in [0.717, 1.165) is 0 Å². The average molecular weight is 395 g/mol. The highest BCUT2D eigenvalue weighted by Gasteiger charge is 2.17. The third-order valence-electron chi connectivity index (χ3n) is 6.41. The summed E-state index contributed by atoms with van der Waals surface area (Å²) in [4.78, 5) is 0. The summed E-state index contributed by atoms with van der Waals surface area (Å²) in [6, 6.07) is 41.8. The van der Waals surface area contributed by atoms with Gasteiger partial charge in [-0.05, 0) is 67.1 Å². The predicted octanol–water partition coefficient (Wildman–Crippen LogP) is 8.79. The molecule has 0 saturated carbocycles. The summed E-state index contributed by atoms with van der Waals surface area (Å²) in [5.41, 5.74) is 6.51. The van der Waals surface area contributed by atoms with E-state index in [9.17, 15) is 0 Å². The van der Waals surface area contributed by atoms with Crippen molar-refractivity contribution in [1.29, 1.82) is 0 Å². The van der Waals surface area contributed by atoms with Gasteiger partial charge >= 0.3 is 0 Å². The highest BCUT2D eigenvalue weighted by Crippen LogP contribution is 2.45. The molecular weight excluding hydrogens is 372 g/mol. The molecule has 0 heteroatoms. The SMILES string of the molecule is Cc1ccc(-c2c3ccccc3c(-c3ccccc3)c3ccccc23)c2ccccc12. The molecule has 6 aromatic rings. The van der Waals surface area contributed by atoms with Crippen molar-refractivity contribution in [2.24, 2.45) is 0 Å². The molecule has 0 radical (unpaired) electrons. The smallest absolute Gasteiger partial charge is 0.00201 e. The summed E-state index contributed by atoms with van der Waals surface area (Å²) in [6.45, 7) is 2.20. The molecule has 0 aliphatic rings. The van der Waals surface area contributed by atoms with Gasteiger partial charge in [-0.25, -0.2) is 0 Å². The minimum atomic E-state index is 1.26. The minimum absolute atomic E-state index is 1.26. The number of rotatable bonds is 2. The molecule has 0 atom stereocenters. The molecule has 0 amide bonds. The molecule has 0 N–H and O–H groups in total. The Balaban J connectivity index is 1.85. The average Bonchev–Trinajstić information content (AvgIpc) is 2.84. The van der Waals surface area contributed by atoms with Gasteiger partial charge in [-0.2, -0.15) is 0 Å². The van der Waals surface area contributed by atoms with E-state index in [4.69, 9.17) is 0 Å². The molecule has 6 aromatic carbocycles. The van der Waals surface area contributed by atoms with Gasteiger partial charge in [-0.15, -0.1) is 0 Å². The van der Waals surface area contributed by atoms with E-state index in [1.165, 1.54) is 60.1 Å². The Morgan fingerprint density at radius 3 is 1.39 bits per heavy atom. The maximum absolute atomic E-state index is 2.30. The van der Waals surface area contributed by atoms with Crippen molar-refractivity contribution >= 4 is 32.3 Å². The minimum Gasteiger partial charge on any atom is -0.0622 e. The Bertz CT molecular complexity index is 1520. The second kappa shape index (κ2) is 7.11. The lowest BCUT2D eigenvalue weighted by Crippen LogP contribution is -1.92. The molecule has 0 fully saturated rings. The van der Waals surface area contributed by atoms with Gasteiger partial charge in [-0.3, -0.25) is 0 Å². The normalized spacial score (nSPS) is 11.4. The van der Waals surface area contributed by atoms with E-state index in [-0.39, 0.29) is 0 Å². The Labute approximate surface area is 182 Å². The molecule has 0 unspecified atom stereocenters. The van der Waals surface area contributed by atoms with Gasteiger partial charge in [0.1, 0.15) is 0 Å². The van der Waals surface area contributed by atoms with Crippen LogP contribution in [-0.2, 0) is 0 Å². The maximum Gasteiger partial charge on any atom is -0.00201 e. The van der Waals surface area contributed by atoms with Crippen LogP contribution in [-0.4, -0.2) is 0 Å². The van der Waals surface area contributed by atoms with Crippen LogP contribution in [0.4, 0.5) is 0 Å². The molecule has 0 aliphatic carbocycles. The van der Waals surface area contributed by atoms with Gasteiger partial charge in [0.2, 0.25) is 0 Å². The van der Waals surface area contributed by atoms with Crippen molar-refractivity contribution in [1.82, 2.24) is 0 Å². The molecule has 0 saturated heterocycles. The highest BCUT2D eigenvalue weighted by molar-refractivity contribution is 6.23. The van der Waals surface area contributed by atoms with Gasteiger partial charge in [0, 0.05) is 0 Å². The van der Waals surface area contributed by atoms with Crippen LogP contribution in [0.1, 0.15) is 5.56 Å². The van der Waals surface area contributed by atoms with Crippen LogP contribution in [0, 0.1) is 6.92 Å². The fourth-order valence-electron chi connectivity index (χ4n) is 5.00. The van der Waals surface area contributed by atoms with Gasteiger partial charge in [0.15, 0.2) is 0 Å². The largest absolute Gasteiger partial charge is 0.0622 e. The fraction of sp³-hybridized carbons (Fsp3) is 0.0323. The van der Waals surface area contributed by atoms with Crippen LogP contribution < -0.4 is 0 Å². The van der Waals surface area contributed by atoms with Crippen LogP contribution in [0.25, 0.3) is 54.6 Å². The number of aryl methyl sites for hydroxylation is 1. The molecule has 6 rings (SSSR count). The molecule has 0 bridgehead atoms. The molecule has 0 aliphatic heterocycles. The Morgan fingerprint density at radius 1 is 0.355 bits per heavy atom. The first-order valence-electron chi connectivity index (χ1n) is 10.8. The van der Waals surface area contributed by atoms with Crippen molar-refractivity contribution in [3.8, 4) is 22.3 Å². The van der Waals surface area contributed by atoms with Crippen molar-refractivity contribution < 1.29 is 0 Å².